The standard InChI is InChI=1S/C18H25N3O2/c1-23-16-5-3-2-4-15(16)20-8-10-21(11-9-20)18-14-7-6-13(12-14)17(18)19-22/h2-5,13-14,18,22H,6-12H2,1H3/b19-17+. The Morgan fingerprint density at radius 2 is 1.91 bits per heavy atom. The number of hydrogen-bond donors (Lipinski definition) is 1. The van der Waals surface area contributed by atoms with E-state index in [1.165, 1.54) is 24.9 Å². The van der Waals surface area contributed by atoms with Gasteiger partial charge >= 0.3 is 0 Å². The molecule has 3 atom stereocenters. The van der Waals surface area contributed by atoms with Gasteiger partial charge in [0, 0.05) is 32.1 Å². The summed E-state index contributed by atoms with van der Waals surface area (Å²) in [5, 5.41) is 13.1. The van der Waals surface area contributed by atoms with E-state index in [4.69, 9.17) is 4.74 Å². The molecule has 23 heavy (non-hydrogen) atoms. The molecule has 2 aliphatic carbocycles. The zero-order valence-corrected chi connectivity index (χ0v) is 13.7. The molecule has 3 aliphatic rings. The molecule has 1 heterocycles. The van der Waals surface area contributed by atoms with Gasteiger partial charge < -0.3 is 14.8 Å². The van der Waals surface area contributed by atoms with Crippen LogP contribution in [0.15, 0.2) is 29.4 Å². The van der Waals surface area contributed by atoms with Crippen LogP contribution in [0.25, 0.3) is 0 Å². The number of ether oxygens (including phenoxy) is 1. The predicted octanol–water partition coefficient (Wildman–Crippen LogP) is 2.45. The van der Waals surface area contributed by atoms with E-state index in [0.717, 1.165) is 37.6 Å². The summed E-state index contributed by atoms with van der Waals surface area (Å²) in [6, 6.07) is 8.61. The largest absolute Gasteiger partial charge is 0.495 e. The van der Waals surface area contributed by atoms with Gasteiger partial charge in [-0.3, -0.25) is 4.90 Å². The maximum absolute atomic E-state index is 9.42. The molecule has 1 aliphatic heterocycles. The highest BCUT2D eigenvalue weighted by Crippen LogP contribution is 2.45. The number of benzene rings is 1. The number of anilines is 1. The second-order valence-corrected chi connectivity index (χ2v) is 6.93. The first-order valence-electron chi connectivity index (χ1n) is 8.65. The molecule has 1 aromatic rings. The third-order valence-electron chi connectivity index (χ3n) is 5.89. The minimum Gasteiger partial charge on any atom is -0.495 e. The molecule has 0 radical (unpaired) electrons. The van der Waals surface area contributed by atoms with Crippen molar-refractivity contribution < 1.29 is 9.94 Å². The summed E-state index contributed by atoms with van der Waals surface area (Å²) in [4.78, 5) is 4.93. The molecule has 3 unspecified atom stereocenters. The third-order valence-corrected chi connectivity index (χ3v) is 5.89. The Hall–Kier alpha value is -1.75. The van der Waals surface area contributed by atoms with Crippen molar-refractivity contribution in [3.05, 3.63) is 24.3 Å². The average Bonchev–Trinajstić information content (AvgIpc) is 3.23. The minimum atomic E-state index is 0.374. The quantitative estimate of drug-likeness (QED) is 0.687. The van der Waals surface area contributed by atoms with Crippen LogP contribution in [-0.4, -0.2) is 55.1 Å². The van der Waals surface area contributed by atoms with Gasteiger partial charge in [0.05, 0.1) is 24.6 Å². The van der Waals surface area contributed by atoms with E-state index in [1.807, 2.05) is 12.1 Å². The van der Waals surface area contributed by atoms with Crippen molar-refractivity contribution in [3.63, 3.8) is 0 Å². The summed E-state index contributed by atoms with van der Waals surface area (Å²) >= 11 is 0. The fourth-order valence-corrected chi connectivity index (χ4v) is 4.81. The summed E-state index contributed by atoms with van der Waals surface area (Å²) in [5.41, 5.74) is 2.23. The van der Waals surface area contributed by atoms with Gasteiger partial charge in [-0.2, -0.15) is 0 Å². The van der Waals surface area contributed by atoms with Crippen LogP contribution >= 0.6 is 0 Å². The van der Waals surface area contributed by atoms with Gasteiger partial charge in [0.2, 0.25) is 0 Å². The number of hydrogen-bond acceptors (Lipinski definition) is 5. The molecule has 0 aromatic heterocycles. The average molecular weight is 315 g/mol. The van der Waals surface area contributed by atoms with Crippen molar-refractivity contribution in [3.8, 4) is 5.75 Å². The minimum absolute atomic E-state index is 0.374. The lowest BCUT2D eigenvalue weighted by molar-refractivity contribution is 0.181. The zero-order chi connectivity index (χ0) is 15.8. The van der Waals surface area contributed by atoms with Gasteiger partial charge in [0.15, 0.2) is 0 Å². The van der Waals surface area contributed by atoms with E-state index >= 15 is 0 Å². The van der Waals surface area contributed by atoms with Crippen LogP contribution in [0.4, 0.5) is 5.69 Å². The molecule has 1 saturated heterocycles. The Labute approximate surface area is 137 Å². The van der Waals surface area contributed by atoms with Crippen LogP contribution in [0, 0.1) is 11.8 Å². The first-order chi connectivity index (χ1) is 11.3. The predicted molar refractivity (Wildman–Crippen MR) is 90.6 cm³/mol. The second-order valence-electron chi connectivity index (χ2n) is 6.93. The number of oxime groups is 1. The summed E-state index contributed by atoms with van der Waals surface area (Å²) in [6.07, 6.45) is 3.72. The Bertz CT molecular complexity index is 596. The first-order valence-corrected chi connectivity index (χ1v) is 8.65. The zero-order valence-electron chi connectivity index (χ0n) is 13.7. The highest BCUT2D eigenvalue weighted by molar-refractivity contribution is 5.94. The number of para-hydroxylation sites is 2. The maximum Gasteiger partial charge on any atom is 0.142 e. The molecule has 1 aromatic carbocycles. The number of fused-ring (bicyclic) bond motifs is 2. The Balaban J connectivity index is 1.45. The van der Waals surface area contributed by atoms with E-state index in [9.17, 15) is 5.21 Å². The molecule has 1 N–H and O–H groups in total. The Morgan fingerprint density at radius 3 is 2.65 bits per heavy atom. The topological polar surface area (TPSA) is 48.3 Å². The molecule has 2 saturated carbocycles. The molecular weight excluding hydrogens is 290 g/mol. The van der Waals surface area contributed by atoms with Crippen molar-refractivity contribution in [2.45, 2.75) is 25.3 Å². The van der Waals surface area contributed by atoms with E-state index in [-0.39, 0.29) is 0 Å². The van der Waals surface area contributed by atoms with Gasteiger partial charge in [-0.1, -0.05) is 17.3 Å². The van der Waals surface area contributed by atoms with Crippen molar-refractivity contribution >= 4 is 11.4 Å². The van der Waals surface area contributed by atoms with Gasteiger partial charge in [0.25, 0.3) is 0 Å². The van der Waals surface area contributed by atoms with Crippen molar-refractivity contribution in [1.29, 1.82) is 0 Å². The Kier molecular flexibility index (Phi) is 3.89. The molecule has 5 nitrogen and oxygen atoms in total. The van der Waals surface area contributed by atoms with Gasteiger partial charge in [0.1, 0.15) is 5.75 Å². The number of methoxy groups -OCH3 is 1. The number of rotatable bonds is 3. The summed E-state index contributed by atoms with van der Waals surface area (Å²) in [5.74, 6) is 2.17. The first kappa shape index (κ1) is 14.8. The fraction of sp³-hybridized carbons (Fsp3) is 0.611. The molecule has 5 heteroatoms. The van der Waals surface area contributed by atoms with E-state index in [2.05, 4.69) is 27.1 Å². The van der Waals surface area contributed by atoms with E-state index < -0.39 is 0 Å². The van der Waals surface area contributed by atoms with E-state index in [1.54, 1.807) is 7.11 Å². The van der Waals surface area contributed by atoms with Gasteiger partial charge in [-0.25, -0.2) is 0 Å². The SMILES string of the molecule is COc1ccccc1N1CCN(C2/C(=N/O)C3CCC2C3)CC1. The fourth-order valence-electron chi connectivity index (χ4n) is 4.81. The van der Waals surface area contributed by atoms with Crippen LogP contribution in [0.3, 0.4) is 0 Å². The van der Waals surface area contributed by atoms with Crippen LogP contribution in [0.1, 0.15) is 19.3 Å². The molecule has 2 bridgehead atoms. The lowest BCUT2D eigenvalue weighted by Gasteiger charge is -2.42. The van der Waals surface area contributed by atoms with Crippen molar-refractivity contribution in [1.82, 2.24) is 4.90 Å². The number of nitrogens with zero attached hydrogens (tertiary/aromatic N) is 3. The molecule has 124 valence electrons. The number of piperazine rings is 1. The summed E-state index contributed by atoms with van der Waals surface area (Å²) in [7, 11) is 1.73. The van der Waals surface area contributed by atoms with Crippen LogP contribution in [0.2, 0.25) is 0 Å². The lowest BCUT2D eigenvalue weighted by atomic mass is 9.91. The maximum atomic E-state index is 9.42. The van der Waals surface area contributed by atoms with Crippen LogP contribution < -0.4 is 9.64 Å². The van der Waals surface area contributed by atoms with Crippen molar-refractivity contribution in [2.24, 2.45) is 17.0 Å². The highest BCUT2D eigenvalue weighted by Gasteiger charge is 2.48. The van der Waals surface area contributed by atoms with Crippen molar-refractivity contribution in [2.75, 3.05) is 38.2 Å². The monoisotopic (exact) mass is 315 g/mol. The van der Waals surface area contributed by atoms with Gasteiger partial charge in [-0.05, 0) is 37.3 Å². The van der Waals surface area contributed by atoms with Crippen LogP contribution in [-0.2, 0) is 0 Å². The van der Waals surface area contributed by atoms with Crippen LogP contribution in [0.5, 0.6) is 5.75 Å². The lowest BCUT2D eigenvalue weighted by Crippen LogP contribution is -2.54. The molecule has 3 fully saturated rings. The Morgan fingerprint density at radius 1 is 1.13 bits per heavy atom. The molecule has 0 spiro atoms. The summed E-state index contributed by atoms with van der Waals surface area (Å²) in [6.45, 7) is 4.02. The van der Waals surface area contributed by atoms with E-state index in [0.29, 0.717) is 17.9 Å². The van der Waals surface area contributed by atoms with Gasteiger partial charge in [-0.15, -0.1) is 0 Å². The summed E-state index contributed by atoms with van der Waals surface area (Å²) < 4.78 is 5.49. The molecule has 0 amide bonds. The third kappa shape index (κ3) is 2.47. The molecular formula is C18H25N3O2. The normalized spacial score (nSPS) is 32.7. The second kappa shape index (κ2) is 6.04. The molecule has 4 rings (SSSR count). The smallest absolute Gasteiger partial charge is 0.142 e. The highest BCUT2D eigenvalue weighted by atomic mass is 16.5.